The van der Waals surface area contributed by atoms with E-state index in [1.807, 2.05) is 12.1 Å². The van der Waals surface area contributed by atoms with Gasteiger partial charge in [0.05, 0.1) is 18.7 Å². The third-order valence-electron chi connectivity index (χ3n) is 2.79. The second-order valence-electron chi connectivity index (χ2n) is 3.75. The van der Waals surface area contributed by atoms with E-state index in [1.54, 1.807) is 13.3 Å². The lowest BCUT2D eigenvalue weighted by molar-refractivity contribution is -0.142. The van der Waals surface area contributed by atoms with Crippen molar-refractivity contribution < 1.29 is 14.3 Å². The van der Waals surface area contributed by atoms with Crippen molar-refractivity contribution in [3.63, 3.8) is 0 Å². The molecule has 0 spiro atoms. The Morgan fingerprint density at radius 3 is 2.78 bits per heavy atom. The van der Waals surface area contributed by atoms with E-state index in [4.69, 9.17) is 10.5 Å². The number of halogens is 1. The van der Waals surface area contributed by atoms with Crippen molar-refractivity contribution in [2.24, 2.45) is 5.73 Å². The Bertz CT molecular complexity index is 594. The molecule has 0 saturated carbocycles. The molecule has 0 aliphatic heterocycles. The van der Waals surface area contributed by atoms with E-state index in [9.17, 15) is 4.79 Å². The number of esters is 1. The fourth-order valence-corrected chi connectivity index (χ4v) is 2.58. The van der Waals surface area contributed by atoms with Gasteiger partial charge in [-0.1, -0.05) is 0 Å². The summed E-state index contributed by atoms with van der Waals surface area (Å²) in [6, 6.07) is 2.87. The number of rotatable bonds is 3. The number of aromatic amines is 1. The van der Waals surface area contributed by atoms with E-state index < -0.39 is 12.0 Å². The fourth-order valence-electron chi connectivity index (χ4n) is 1.84. The van der Waals surface area contributed by atoms with Crippen LogP contribution in [0.25, 0.3) is 10.9 Å². The summed E-state index contributed by atoms with van der Waals surface area (Å²) in [4.78, 5) is 14.6. The first-order valence-electron chi connectivity index (χ1n) is 5.27. The molecule has 0 fully saturated rings. The van der Waals surface area contributed by atoms with Crippen molar-refractivity contribution in [2.45, 2.75) is 6.04 Å². The molecule has 0 radical (unpaired) electrons. The van der Waals surface area contributed by atoms with Crippen LogP contribution in [0.1, 0.15) is 11.6 Å². The fraction of sp³-hybridized carbons (Fsp3) is 0.250. The van der Waals surface area contributed by atoms with Crippen molar-refractivity contribution in [3.05, 3.63) is 28.4 Å². The van der Waals surface area contributed by atoms with Gasteiger partial charge in [0.1, 0.15) is 11.8 Å². The van der Waals surface area contributed by atoms with E-state index >= 15 is 0 Å². The molecule has 0 bridgehead atoms. The van der Waals surface area contributed by atoms with Crippen LogP contribution in [-0.4, -0.2) is 25.2 Å². The zero-order valence-corrected chi connectivity index (χ0v) is 11.6. The molecule has 2 aromatic rings. The Hall–Kier alpha value is -1.53. The summed E-state index contributed by atoms with van der Waals surface area (Å²) in [6.45, 7) is 0. The summed E-state index contributed by atoms with van der Waals surface area (Å²) >= 11 is 3.46. The molecule has 1 aromatic carbocycles. The number of aromatic nitrogens is 1. The first kappa shape index (κ1) is 12.9. The van der Waals surface area contributed by atoms with Gasteiger partial charge in [-0.2, -0.15) is 0 Å². The van der Waals surface area contributed by atoms with E-state index in [0.29, 0.717) is 11.3 Å². The van der Waals surface area contributed by atoms with Crippen molar-refractivity contribution in [2.75, 3.05) is 14.2 Å². The van der Waals surface area contributed by atoms with Gasteiger partial charge in [0.15, 0.2) is 0 Å². The molecule has 1 heterocycles. The molecule has 18 heavy (non-hydrogen) atoms. The third kappa shape index (κ3) is 1.97. The summed E-state index contributed by atoms with van der Waals surface area (Å²) in [5, 5.41) is 0.826. The average molecular weight is 313 g/mol. The molecule has 1 unspecified atom stereocenters. The van der Waals surface area contributed by atoms with Crippen LogP contribution in [0.4, 0.5) is 0 Å². The molecule has 2 rings (SSSR count). The van der Waals surface area contributed by atoms with E-state index in [1.165, 1.54) is 7.11 Å². The number of hydrogen-bond acceptors (Lipinski definition) is 4. The Morgan fingerprint density at radius 1 is 1.44 bits per heavy atom. The van der Waals surface area contributed by atoms with Gasteiger partial charge in [0, 0.05) is 22.7 Å². The molecule has 0 aliphatic rings. The Labute approximate surface area is 112 Å². The Kier molecular flexibility index (Phi) is 3.58. The molecule has 3 N–H and O–H groups in total. The number of fused-ring (bicyclic) bond motifs is 1. The van der Waals surface area contributed by atoms with Gasteiger partial charge in [0.2, 0.25) is 0 Å². The van der Waals surface area contributed by atoms with Crippen LogP contribution in [0.15, 0.2) is 22.8 Å². The molecule has 6 heteroatoms. The van der Waals surface area contributed by atoms with Crippen LogP contribution in [0.5, 0.6) is 5.75 Å². The second-order valence-corrected chi connectivity index (χ2v) is 4.54. The summed E-state index contributed by atoms with van der Waals surface area (Å²) in [7, 11) is 2.89. The largest absolute Gasteiger partial charge is 0.496 e. The highest BCUT2D eigenvalue weighted by Crippen LogP contribution is 2.36. The predicted octanol–water partition coefficient (Wildman–Crippen LogP) is 2.11. The standard InChI is InChI=1S/C12H13BrN2O3/c1-17-8-4-3-7-9(10(8)13)6(5-15-7)11(14)12(16)18-2/h3-5,11,15H,14H2,1-2H3. The molecule has 1 atom stereocenters. The number of methoxy groups -OCH3 is 2. The van der Waals surface area contributed by atoms with Gasteiger partial charge in [-0.15, -0.1) is 0 Å². The number of H-pyrrole nitrogens is 1. The minimum atomic E-state index is -0.827. The molecule has 0 saturated heterocycles. The van der Waals surface area contributed by atoms with Gasteiger partial charge in [0.25, 0.3) is 0 Å². The van der Waals surface area contributed by atoms with E-state index in [-0.39, 0.29) is 0 Å². The number of nitrogens with one attached hydrogen (secondary N) is 1. The highest BCUT2D eigenvalue weighted by Gasteiger charge is 2.22. The molecular formula is C12H13BrN2O3. The monoisotopic (exact) mass is 312 g/mol. The van der Waals surface area contributed by atoms with Gasteiger partial charge < -0.3 is 20.2 Å². The first-order chi connectivity index (χ1) is 8.60. The topological polar surface area (TPSA) is 77.3 Å². The normalized spacial score (nSPS) is 12.4. The summed E-state index contributed by atoms with van der Waals surface area (Å²) in [6.07, 6.45) is 1.70. The zero-order chi connectivity index (χ0) is 13.3. The highest BCUT2D eigenvalue weighted by molar-refractivity contribution is 9.10. The van der Waals surface area contributed by atoms with Crippen molar-refractivity contribution >= 4 is 32.8 Å². The Balaban J connectivity index is 2.62. The average Bonchev–Trinajstić information content (AvgIpc) is 2.82. The van der Waals surface area contributed by atoms with Crippen LogP contribution in [-0.2, 0) is 9.53 Å². The molecule has 0 amide bonds. The molecular weight excluding hydrogens is 300 g/mol. The first-order valence-corrected chi connectivity index (χ1v) is 6.06. The van der Waals surface area contributed by atoms with Crippen LogP contribution >= 0.6 is 15.9 Å². The number of ether oxygens (including phenoxy) is 2. The maximum atomic E-state index is 11.5. The highest BCUT2D eigenvalue weighted by atomic mass is 79.9. The van der Waals surface area contributed by atoms with Crippen LogP contribution in [0.2, 0.25) is 0 Å². The van der Waals surface area contributed by atoms with Gasteiger partial charge in [-0.3, -0.25) is 4.79 Å². The number of nitrogens with two attached hydrogens (primary N) is 1. The lowest BCUT2D eigenvalue weighted by atomic mass is 10.1. The second kappa shape index (κ2) is 4.99. The molecule has 5 nitrogen and oxygen atoms in total. The number of carbonyl (C=O) groups is 1. The summed E-state index contributed by atoms with van der Waals surface area (Å²) in [5.74, 6) is 0.200. The van der Waals surface area contributed by atoms with Gasteiger partial charge in [-0.25, -0.2) is 0 Å². The molecule has 0 aliphatic carbocycles. The van der Waals surface area contributed by atoms with Gasteiger partial charge >= 0.3 is 5.97 Å². The zero-order valence-electron chi connectivity index (χ0n) is 9.99. The van der Waals surface area contributed by atoms with E-state index in [0.717, 1.165) is 15.4 Å². The maximum absolute atomic E-state index is 11.5. The summed E-state index contributed by atoms with van der Waals surface area (Å²) in [5.41, 5.74) is 7.41. The quantitative estimate of drug-likeness (QED) is 0.851. The van der Waals surface area contributed by atoms with Crippen molar-refractivity contribution in [3.8, 4) is 5.75 Å². The minimum absolute atomic E-state index is 0.481. The Morgan fingerprint density at radius 2 is 2.17 bits per heavy atom. The van der Waals surface area contributed by atoms with Crippen molar-refractivity contribution in [1.82, 2.24) is 4.98 Å². The van der Waals surface area contributed by atoms with Gasteiger partial charge in [-0.05, 0) is 28.1 Å². The summed E-state index contributed by atoms with van der Waals surface area (Å²) < 4.78 is 10.6. The van der Waals surface area contributed by atoms with E-state index in [2.05, 4.69) is 25.7 Å². The third-order valence-corrected chi connectivity index (χ3v) is 3.58. The lowest BCUT2D eigenvalue weighted by Crippen LogP contribution is -2.22. The lowest BCUT2D eigenvalue weighted by Gasteiger charge is -2.10. The maximum Gasteiger partial charge on any atom is 0.327 e. The van der Waals surface area contributed by atoms with Crippen LogP contribution in [0.3, 0.4) is 0 Å². The van der Waals surface area contributed by atoms with Crippen LogP contribution < -0.4 is 10.5 Å². The number of carbonyl (C=O) groups excluding carboxylic acids is 1. The number of hydrogen-bond donors (Lipinski definition) is 2. The predicted molar refractivity (Wildman–Crippen MR) is 71.5 cm³/mol. The minimum Gasteiger partial charge on any atom is -0.496 e. The SMILES string of the molecule is COC(=O)C(N)c1c[nH]c2ccc(OC)c(Br)c12. The smallest absolute Gasteiger partial charge is 0.327 e. The van der Waals surface area contributed by atoms with Crippen molar-refractivity contribution in [1.29, 1.82) is 0 Å². The molecule has 1 aromatic heterocycles. The number of benzene rings is 1. The molecule has 96 valence electrons. The van der Waals surface area contributed by atoms with Crippen LogP contribution in [0, 0.1) is 0 Å².